The van der Waals surface area contributed by atoms with Crippen LogP contribution in [0.25, 0.3) is 0 Å². The van der Waals surface area contributed by atoms with Gasteiger partial charge >= 0.3 is 0 Å². The van der Waals surface area contributed by atoms with E-state index >= 15 is 0 Å². The lowest BCUT2D eigenvalue weighted by molar-refractivity contribution is -0.130. The Kier molecular flexibility index (Phi) is 2.89. The zero-order valence-electron chi connectivity index (χ0n) is 8.10. The van der Waals surface area contributed by atoms with Crippen LogP contribution in [-0.2, 0) is 4.79 Å². The predicted octanol–water partition coefficient (Wildman–Crippen LogP) is 1.87. The lowest BCUT2D eigenvalue weighted by atomic mass is 9.74. The monoisotopic (exact) mass is 169 g/mol. The van der Waals surface area contributed by atoms with Gasteiger partial charge in [-0.25, -0.2) is 0 Å². The summed E-state index contributed by atoms with van der Waals surface area (Å²) in [7, 11) is 0. The van der Waals surface area contributed by atoms with Gasteiger partial charge in [-0.05, 0) is 26.2 Å². The second kappa shape index (κ2) is 3.56. The Labute approximate surface area is 74.5 Å². The van der Waals surface area contributed by atoms with Crippen molar-refractivity contribution < 1.29 is 4.79 Å². The van der Waals surface area contributed by atoms with E-state index in [1.165, 1.54) is 6.42 Å². The molecule has 0 amide bonds. The van der Waals surface area contributed by atoms with Crippen molar-refractivity contribution in [1.29, 1.82) is 0 Å². The number of ketones is 1. The summed E-state index contributed by atoms with van der Waals surface area (Å²) in [5.74, 6) is 0.571. The summed E-state index contributed by atoms with van der Waals surface area (Å²) in [5, 5.41) is 0. The fourth-order valence-corrected chi connectivity index (χ4v) is 1.78. The van der Waals surface area contributed by atoms with E-state index in [4.69, 9.17) is 5.73 Å². The van der Waals surface area contributed by atoms with Crippen molar-refractivity contribution >= 4 is 5.78 Å². The minimum atomic E-state index is -0.556. The summed E-state index contributed by atoms with van der Waals surface area (Å²) in [6.07, 6.45) is 5.15. The number of carbonyl (C=O) groups excluding carboxylic acids is 1. The molecule has 0 heterocycles. The number of rotatable bonds is 4. The Morgan fingerprint density at radius 2 is 2.17 bits per heavy atom. The molecule has 1 rings (SSSR count). The summed E-state index contributed by atoms with van der Waals surface area (Å²) in [5.41, 5.74) is 5.38. The maximum atomic E-state index is 11.7. The van der Waals surface area contributed by atoms with Crippen molar-refractivity contribution in [3.8, 4) is 0 Å². The molecule has 2 nitrogen and oxygen atoms in total. The molecule has 0 aromatic rings. The summed E-state index contributed by atoms with van der Waals surface area (Å²) >= 11 is 0. The smallest absolute Gasteiger partial charge is 0.155 e. The first-order valence-corrected chi connectivity index (χ1v) is 4.91. The molecule has 0 saturated heterocycles. The van der Waals surface area contributed by atoms with Crippen LogP contribution in [0.2, 0.25) is 0 Å². The van der Waals surface area contributed by atoms with E-state index in [0.717, 1.165) is 25.7 Å². The summed E-state index contributed by atoms with van der Waals surface area (Å²) in [6, 6.07) is 0. The second-order valence-electron chi connectivity index (χ2n) is 4.16. The number of hydrogen-bond donors (Lipinski definition) is 1. The highest BCUT2D eigenvalue weighted by molar-refractivity contribution is 5.90. The van der Waals surface area contributed by atoms with Gasteiger partial charge < -0.3 is 5.73 Å². The van der Waals surface area contributed by atoms with Gasteiger partial charge in [-0.3, -0.25) is 4.79 Å². The third-order valence-corrected chi connectivity index (χ3v) is 2.81. The fourth-order valence-electron chi connectivity index (χ4n) is 1.78. The minimum absolute atomic E-state index is 0.284. The van der Waals surface area contributed by atoms with Gasteiger partial charge in [0.1, 0.15) is 0 Å². The first-order valence-electron chi connectivity index (χ1n) is 4.91. The van der Waals surface area contributed by atoms with Crippen molar-refractivity contribution in [2.45, 2.75) is 51.5 Å². The molecule has 1 unspecified atom stereocenters. The molecule has 2 heteroatoms. The summed E-state index contributed by atoms with van der Waals surface area (Å²) < 4.78 is 0. The van der Waals surface area contributed by atoms with E-state index in [0.29, 0.717) is 0 Å². The highest BCUT2D eigenvalue weighted by atomic mass is 16.1. The molecule has 2 N–H and O–H groups in total. The first-order chi connectivity index (χ1) is 5.58. The molecule has 1 fully saturated rings. The van der Waals surface area contributed by atoms with Crippen molar-refractivity contribution in [2.75, 3.05) is 0 Å². The van der Waals surface area contributed by atoms with Crippen LogP contribution in [0.15, 0.2) is 0 Å². The van der Waals surface area contributed by atoms with Crippen molar-refractivity contribution in [2.24, 2.45) is 11.7 Å². The molecule has 0 aliphatic heterocycles. The number of carbonyl (C=O) groups is 1. The average molecular weight is 169 g/mol. The highest BCUT2D eigenvalue weighted by Crippen LogP contribution is 2.31. The third kappa shape index (κ3) is 1.86. The van der Waals surface area contributed by atoms with Crippen molar-refractivity contribution in [1.82, 2.24) is 0 Å². The Bertz CT molecular complexity index is 171. The van der Waals surface area contributed by atoms with Crippen molar-refractivity contribution in [3.63, 3.8) is 0 Å². The number of hydrogen-bond acceptors (Lipinski definition) is 2. The van der Waals surface area contributed by atoms with Gasteiger partial charge in [-0.2, -0.15) is 0 Å². The molecule has 70 valence electrons. The van der Waals surface area contributed by atoms with E-state index in [9.17, 15) is 4.79 Å². The lowest BCUT2D eigenvalue weighted by Gasteiger charge is -2.32. The lowest BCUT2D eigenvalue weighted by Crippen LogP contribution is -2.49. The van der Waals surface area contributed by atoms with Gasteiger partial charge in [0.2, 0.25) is 0 Å². The third-order valence-electron chi connectivity index (χ3n) is 2.81. The average Bonchev–Trinajstić information content (AvgIpc) is 1.83. The van der Waals surface area contributed by atoms with Crippen LogP contribution < -0.4 is 5.73 Å². The van der Waals surface area contributed by atoms with E-state index in [1.54, 1.807) is 0 Å². The van der Waals surface area contributed by atoms with Crippen LogP contribution >= 0.6 is 0 Å². The summed E-state index contributed by atoms with van der Waals surface area (Å²) in [4.78, 5) is 11.7. The van der Waals surface area contributed by atoms with E-state index in [-0.39, 0.29) is 11.7 Å². The topological polar surface area (TPSA) is 43.1 Å². The van der Waals surface area contributed by atoms with Gasteiger partial charge in [0, 0.05) is 5.92 Å². The highest BCUT2D eigenvalue weighted by Gasteiger charge is 2.36. The molecule has 1 saturated carbocycles. The quantitative estimate of drug-likeness (QED) is 0.698. The van der Waals surface area contributed by atoms with E-state index in [1.807, 2.05) is 6.92 Å². The van der Waals surface area contributed by atoms with Gasteiger partial charge in [0.25, 0.3) is 0 Å². The largest absolute Gasteiger partial charge is 0.319 e. The maximum absolute atomic E-state index is 11.7. The molecule has 0 spiro atoms. The molecule has 12 heavy (non-hydrogen) atoms. The Morgan fingerprint density at radius 1 is 1.58 bits per heavy atom. The van der Waals surface area contributed by atoms with Gasteiger partial charge in [-0.15, -0.1) is 0 Å². The molecule has 0 bridgehead atoms. The first kappa shape index (κ1) is 9.72. The van der Waals surface area contributed by atoms with Crippen LogP contribution in [0.5, 0.6) is 0 Å². The van der Waals surface area contributed by atoms with E-state index < -0.39 is 5.54 Å². The number of Topliss-reactive ketones (excluding diaryl/α,β-unsaturated/α-hetero) is 1. The maximum Gasteiger partial charge on any atom is 0.155 e. The summed E-state index contributed by atoms with van der Waals surface area (Å²) in [6.45, 7) is 3.94. The standard InChI is InChI=1S/C10H19NO/c1-3-7-10(2,11)9(12)8-5-4-6-8/h8H,3-7,11H2,1-2H3. The molecule has 0 aromatic heterocycles. The minimum Gasteiger partial charge on any atom is -0.319 e. The molecule has 1 aliphatic rings. The zero-order chi connectivity index (χ0) is 9.19. The Morgan fingerprint density at radius 3 is 2.50 bits per heavy atom. The Balaban J connectivity index is 2.48. The van der Waals surface area contributed by atoms with Crippen LogP contribution in [0.4, 0.5) is 0 Å². The van der Waals surface area contributed by atoms with Crippen molar-refractivity contribution in [3.05, 3.63) is 0 Å². The molecule has 1 aliphatic carbocycles. The molecule has 0 radical (unpaired) electrons. The van der Waals surface area contributed by atoms with Crippen LogP contribution in [0, 0.1) is 5.92 Å². The van der Waals surface area contributed by atoms with Crippen LogP contribution in [0.1, 0.15) is 46.0 Å². The SMILES string of the molecule is CCCC(C)(N)C(=O)C1CCC1. The van der Waals surface area contributed by atoms with E-state index in [2.05, 4.69) is 6.92 Å². The Hall–Kier alpha value is -0.370. The van der Waals surface area contributed by atoms with Gasteiger partial charge in [0.05, 0.1) is 5.54 Å². The zero-order valence-corrected chi connectivity index (χ0v) is 8.10. The van der Waals surface area contributed by atoms with Crippen LogP contribution in [0.3, 0.4) is 0 Å². The number of nitrogens with two attached hydrogens (primary N) is 1. The predicted molar refractivity (Wildman–Crippen MR) is 49.8 cm³/mol. The molecule has 0 aromatic carbocycles. The van der Waals surface area contributed by atoms with Gasteiger partial charge in [0.15, 0.2) is 5.78 Å². The molecular formula is C10H19NO. The second-order valence-corrected chi connectivity index (χ2v) is 4.16. The normalized spacial score (nSPS) is 22.9. The fraction of sp³-hybridized carbons (Fsp3) is 0.900. The van der Waals surface area contributed by atoms with Crippen LogP contribution in [-0.4, -0.2) is 11.3 Å². The molecule has 1 atom stereocenters. The van der Waals surface area contributed by atoms with Gasteiger partial charge in [-0.1, -0.05) is 19.8 Å². The molecular weight excluding hydrogens is 150 g/mol.